The standard InChI is InChI=1S/C19H27N3/c1-11(2)16-13(4)21-18(22-17(16)20)15-9-8-14(10-12(15)3)19(5,6)7/h8-11H,1-7H3,(H2,20,21,22). The number of hydrogen-bond acceptors (Lipinski definition) is 3. The molecule has 0 saturated heterocycles. The molecular weight excluding hydrogens is 270 g/mol. The number of benzene rings is 1. The highest BCUT2D eigenvalue weighted by atomic mass is 15.0. The highest BCUT2D eigenvalue weighted by molar-refractivity contribution is 5.63. The van der Waals surface area contributed by atoms with Gasteiger partial charge in [0.15, 0.2) is 5.82 Å². The van der Waals surface area contributed by atoms with Crippen molar-refractivity contribution in [2.45, 2.75) is 59.8 Å². The summed E-state index contributed by atoms with van der Waals surface area (Å²) in [6, 6.07) is 6.49. The number of hydrogen-bond donors (Lipinski definition) is 1. The van der Waals surface area contributed by atoms with E-state index in [9.17, 15) is 0 Å². The first-order chi connectivity index (χ1) is 10.1. The summed E-state index contributed by atoms with van der Waals surface area (Å²) in [5.74, 6) is 1.65. The highest BCUT2D eigenvalue weighted by Gasteiger charge is 2.17. The molecule has 1 aromatic heterocycles. The van der Waals surface area contributed by atoms with E-state index in [1.54, 1.807) is 0 Å². The third kappa shape index (κ3) is 3.13. The molecule has 0 amide bonds. The van der Waals surface area contributed by atoms with Gasteiger partial charge in [0.05, 0.1) is 0 Å². The number of nitrogens with zero attached hydrogens (tertiary/aromatic N) is 2. The maximum absolute atomic E-state index is 6.16. The summed E-state index contributed by atoms with van der Waals surface area (Å²) in [5, 5.41) is 0. The molecule has 1 heterocycles. The Balaban J connectivity index is 2.54. The minimum Gasteiger partial charge on any atom is -0.383 e. The van der Waals surface area contributed by atoms with E-state index >= 15 is 0 Å². The Kier molecular flexibility index (Phi) is 4.28. The summed E-state index contributed by atoms with van der Waals surface area (Å²) in [4.78, 5) is 9.23. The lowest BCUT2D eigenvalue weighted by atomic mass is 9.85. The van der Waals surface area contributed by atoms with E-state index in [0.717, 1.165) is 22.6 Å². The second-order valence-corrected chi connectivity index (χ2v) is 7.37. The molecule has 0 aliphatic rings. The molecule has 3 heteroatoms. The molecule has 0 radical (unpaired) electrons. The quantitative estimate of drug-likeness (QED) is 0.869. The van der Waals surface area contributed by atoms with E-state index in [-0.39, 0.29) is 5.41 Å². The van der Waals surface area contributed by atoms with Crippen molar-refractivity contribution in [2.24, 2.45) is 0 Å². The van der Waals surface area contributed by atoms with Crippen LogP contribution < -0.4 is 5.73 Å². The summed E-state index contributed by atoms with van der Waals surface area (Å²) >= 11 is 0. The molecule has 0 bridgehead atoms. The SMILES string of the molecule is Cc1cc(C(C)(C)C)ccc1-c1nc(C)c(C(C)C)c(N)n1. The predicted molar refractivity (Wildman–Crippen MR) is 94.1 cm³/mol. The highest BCUT2D eigenvalue weighted by Crippen LogP contribution is 2.30. The van der Waals surface area contributed by atoms with Crippen LogP contribution in [-0.4, -0.2) is 9.97 Å². The number of nitrogens with two attached hydrogens (primary N) is 1. The Morgan fingerprint density at radius 2 is 1.68 bits per heavy atom. The minimum atomic E-state index is 0.139. The fourth-order valence-electron chi connectivity index (χ4n) is 2.82. The first-order valence-corrected chi connectivity index (χ1v) is 7.86. The fraction of sp³-hybridized carbons (Fsp3) is 0.474. The van der Waals surface area contributed by atoms with Crippen molar-refractivity contribution in [3.8, 4) is 11.4 Å². The van der Waals surface area contributed by atoms with Crippen LogP contribution >= 0.6 is 0 Å². The molecular formula is C19H27N3. The van der Waals surface area contributed by atoms with E-state index in [4.69, 9.17) is 5.73 Å². The number of aryl methyl sites for hydroxylation is 2. The molecule has 0 fully saturated rings. The fourth-order valence-corrected chi connectivity index (χ4v) is 2.82. The Bertz CT molecular complexity index is 671. The zero-order chi connectivity index (χ0) is 16.7. The van der Waals surface area contributed by atoms with Gasteiger partial charge < -0.3 is 5.73 Å². The monoisotopic (exact) mass is 297 g/mol. The molecule has 0 unspecified atom stereocenters. The van der Waals surface area contributed by atoms with Crippen LogP contribution in [0.3, 0.4) is 0 Å². The lowest BCUT2D eigenvalue weighted by Gasteiger charge is -2.20. The van der Waals surface area contributed by atoms with Crippen molar-refractivity contribution >= 4 is 5.82 Å². The van der Waals surface area contributed by atoms with Crippen LogP contribution in [0.4, 0.5) is 5.82 Å². The second-order valence-electron chi connectivity index (χ2n) is 7.37. The maximum Gasteiger partial charge on any atom is 0.162 e. The molecule has 1 aromatic carbocycles. The van der Waals surface area contributed by atoms with Crippen LogP contribution in [0.2, 0.25) is 0 Å². The Morgan fingerprint density at radius 1 is 1.05 bits per heavy atom. The van der Waals surface area contributed by atoms with Gasteiger partial charge >= 0.3 is 0 Å². The number of rotatable bonds is 2. The zero-order valence-corrected chi connectivity index (χ0v) is 14.8. The normalized spacial score (nSPS) is 12.0. The molecule has 0 aliphatic heterocycles. The third-order valence-electron chi connectivity index (χ3n) is 4.08. The van der Waals surface area contributed by atoms with Gasteiger partial charge in [-0.05, 0) is 36.3 Å². The van der Waals surface area contributed by atoms with Crippen molar-refractivity contribution in [3.63, 3.8) is 0 Å². The molecule has 2 aromatic rings. The smallest absolute Gasteiger partial charge is 0.162 e. The topological polar surface area (TPSA) is 51.8 Å². The molecule has 0 spiro atoms. The van der Waals surface area contributed by atoms with Crippen LogP contribution in [0.1, 0.15) is 62.9 Å². The zero-order valence-electron chi connectivity index (χ0n) is 14.8. The van der Waals surface area contributed by atoms with E-state index in [1.165, 1.54) is 11.1 Å². The van der Waals surface area contributed by atoms with Gasteiger partial charge in [-0.2, -0.15) is 0 Å². The number of nitrogen functional groups attached to an aromatic ring is 1. The van der Waals surface area contributed by atoms with Crippen molar-refractivity contribution in [1.82, 2.24) is 9.97 Å². The molecule has 0 saturated carbocycles. The molecule has 3 nitrogen and oxygen atoms in total. The van der Waals surface area contributed by atoms with Crippen LogP contribution in [0, 0.1) is 13.8 Å². The molecule has 0 atom stereocenters. The minimum absolute atomic E-state index is 0.139. The molecule has 2 rings (SSSR count). The van der Waals surface area contributed by atoms with Gasteiger partial charge in [-0.3, -0.25) is 0 Å². The lowest BCUT2D eigenvalue weighted by molar-refractivity contribution is 0.590. The Hall–Kier alpha value is -1.90. The van der Waals surface area contributed by atoms with E-state index in [2.05, 4.69) is 69.7 Å². The van der Waals surface area contributed by atoms with Crippen LogP contribution in [-0.2, 0) is 5.41 Å². The van der Waals surface area contributed by atoms with Crippen LogP contribution in [0.15, 0.2) is 18.2 Å². The van der Waals surface area contributed by atoms with Gasteiger partial charge in [-0.1, -0.05) is 52.8 Å². The summed E-state index contributed by atoms with van der Waals surface area (Å²) in [7, 11) is 0. The van der Waals surface area contributed by atoms with Gasteiger partial charge in [0.2, 0.25) is 0 Å². The molecule has 22 heavy (non-hydrogen) atoms. The third-order valence-corrected chi connectivity index (χ3v) is 4.08. The molecule has 2 N–H and O–H groups in total. The van der Waals surface area contributed by atoms with Crippen molar-refractivity contribution in [2.75, 3.05) is 5.73 Å². The van der Waals surface area contributed by atoms with E-state index in [0.29, 0.717) is 11.7 Å². The second kappa shape index (κ2) is 5.71. The predicted octanol–water partition coefficient (Wildman–Crippen LogP) is 4.76. The van der Waals surface area contributed by atoms with Gasteiger partial charge in [0.25, 0.3) is 0 Å². The number of aromatic nitrogens is 2. The number of anilines is 1. The Morgan fingerprint density at radius 3 is 2.14 bits per heavy atom. The maximum atomic E-state index is 6.16. The summed E-state index contributed by atoms with van der Waals surface area (Å²) in [6.07, 6.45) is 0. The van der Waals surface area contributed by atoms with Crippen molar-refractivity contribution < 1.29 is 0 Å². The Labute approximate surface area is 134 Å². The van der Waals surface area contributed by atoms with E-state index in [1.807, 2.05) is 6.92 Å². The van der Waals surface area contributed by atoms with Crippen LogP contribution in [0.5, 0.6) is 0 Å². The first-order valence-electron chi connectivity index (χ1n) is 7.86. The van der Waals surface area contributed by atoms with Gasteiger partial charge in [0.1, 0.15) is 5.82 Å². The summed E-state index contributed by atoms with van der Waals surface area (Å²) < 4.78 is 0. The van der Waals surface area contributed by atoms with E-state index < -0.39 is 0 Å². The molecule has 118 valence electrons. The average Bonchev–Trinajstić information content (AvgIpc) is 2.35. The average molecular weight is 297 g/mol. The lowest BCUT2D eigenvalue weighted by Crippen LogP contribution is -2.11. The largest absolute Gasteiger partial charge is 0.383 e. The van der Waals surface area contributed by atoms with Crippen molar-refractivity contribution in [1.29, 1.82) is 0 Å². The van der Waals surface area contributed by atoms with Gasteiger partial charge in [-0.15, -0.1) is 0 Å². The van der Waals surface area contributed by atoms with Gasteiger partial charge in [0, 0.05) is 16.8 Å². The molecule has 0 aliphatic carbocycles. The summed E-state index contributed by atoms with van der Waals surface area (Å²) in [5.41, 5.74) is 11.9. The summed E-state index contributed by atoms with van der Waals surface area (Å²) in [6.45, 7) is 15.0. The van der Waals surface area contributed by atoms with Crippen molar-refractivity contribution in [3.05, 3.63) is 40.6 Å². The van der Waals surface area contributed by atoms with Gasteiger partial charge in [-0.25, -0.2) is 9.97 Å². The van der Waals surface area contributed by atoms with Crippen LogP contribution in [0.25, 0.3) is 11.4 Å². The first kappa shape index (κ1) is 16.5.